The van der Waals surface area contributed by atoms with Crippen molar-refractivity contribution in [3.63, 3.8) is 0 Å². The quantitative estimate of drug-likeness (QED) is 0.221. The number of allylic oxidation sites excluding steroid dienone is 6. The molecule has 0 radical (unpaired) electrons. The molecule has 3 heteroatoms. The molecule has 5 unspecified atom stereocenters. The minimum Gasteiger partial charge on any atom is -0.366 e. The van der Waals surface area contributed by atoms with Gasteiger partial charge in [-0.3, -0.25) is 0 Å². The van der Waals surface area contributed by atoms with E-state index < -0.39 is 6.86 Å². The van der Waals surface area contributed by atoms with E-state index in [1.54, 1.807) is 33.4 Å². The molecular weight excluding hydrogens is 746 g/mol. The topological polar surface area (TPSA) is 32.3 Å². The fraction of sp³-hybridized carbons (Fsp3) is 0.621. The van der Waals surface area contributed by atoms with Gasteiger partial charge in [-0.05, 0) is 171 Å². The van der Waals surface area contributed by atoms with Gasteiger partial charge in [0.25, 0.3) is 0 Å². The molecule has 0 aromatic heterocycles. The second-order valence-electron chi connectivity index (χ2n) is 19.0. The van der Waals surface area contributed by atoms with Crippen molar-refractivity contribution in [2.24, 2.45) is 28.6 Å². The number of fused-ring (bicyclic) bond motifs is 6. The summed E-state index contributed by atoms with van der Waals surface area (Å²) in [5.74, 6) is 2.88. The molecule has 344 valence electrons. The summed E-state index contributed by atoms with van der Waals surface area (Å²) in [5, 5.41) is 10.7. The summed E-state index contributed by atoms with van der Waals surface area (Å²) in [6, 6.07) is 12.7. The molecule has 0 amide bonds. The van der Waals surface area contributed by atoms with Gasteiger partial charge < -0.3 is 10.4 Å². The first-order valence-electron chi connectivity index (χ1n) is 24.7. The number of alkyl halides is 1. The van der Waals surface area contributed by atoms with Gasteiger partial charge in [-0.2, -0.15) is 0 Å². The van der Waals surface area contributed by atoms with Crippen LogP contribution in [0.4, 0.5) is 4.39 Å². The predicted octanol–water partition coefficient (Wildman–Crippen LogP) is 16.0. The highest BCUT2D eigenvalue weighted by Gasteiger charge is 2.55. The monoisotopic (exact) mass is 840 g/mol. The fourth-order valence-corrected chi connectivity index (χ4v) is 11.4. The van der Waals surface area contributed by atoms with Gasteiger partial charge >= 0.3 is 0 Å². The third kappa shape index (κ3) is 15.3. The number of hydrogen-bond acceptors (Lipinski definition) is 2. The second-order valence-corrected chi connectivity index (χ2v) is 19.0. The molecule has 7 rings (SSSR count). The van der Waals surface area contributed by atoms with E-state index in [1.807, 2.05) is 0 Å². The highest BCUT2D eigenvalue weighted by Crippen LogP contribution is 2.64. The van der Waals surface area contributed by atoms with Crippen molar-refractivity contribution in [2.45, 2.75) is 191 Å². The van der Waals surface area contributed by atoms with Crippen molar-refractivity contribution in [1.29, 1.82) is 0 Å². The lowest BCUT2D eigenvalue weighted by molar-refractivity contribution is -0.0150. The van der Waals surface area contributed by atoms with Crippen molar-refractivity contribution in [1.82, 2.24) is 5.32 Å². The number of benzene rings is 2. The van der Waals surface area contributed by atoms with E-state index >= 15 is 0 Å². The maximum Gasteiger partial charge on any atom is 0.185 e. The van der Waals surface area contributed by atoms with Crippen LogP contribution < -0.4 is 5.32 Å². The Morgan fingerprint density at radius 1 is 0.820 bits per heavy atom. The Kier molecular flexibility index (Phi) is 24.8. The average molecular weight is 840 g/mol. The van der Waals surface area contributed by atoms with E-state index in [1.165, 1.54) is 112 Å². The van der Waals surface area contributed by atoms with Gasteiger partial charge in [0.15, 0.2) is 6.86 Å². The SMILES string of the molecule is C=C.C=C(C)CCC.C=C1C=CC2(C)C(=C1)CCC1C3CCCC3(C)CCC12.CCC.CCCc1cc(CCNC2Cc3cc(CC)c(CC)cc3C2)ccc1CC.OCF.[HH]. The lowest BCUT2D eigenvalue weighted by Gasteiger charge is -2.56. The maximum absolute atomic E-state index is 9.85. The van der Waals surface area contributed by atoms with Crippen LogP contribution in [0.2, 0.25) is 0 Å². The van der Waals surface area contributed by atoms with Gasteiger partial charge in [0, 0.05) is 12.9 Å². The summed E-state index contributed by atoms with van der Waals surface area (Å²) in [6.07, 6.45) is 30.4. The number of hydrogen-bond donors (Lipinski definition) is 2. The van der Waals surface area contributed by atoms with Crippen LogP contribution in [-0.4, -0.2) is 24.6 Å². The van der Waals surface area contributed by atoms with Crippen LogP contribution in [0.3, 0.4) is 0 Å². The van der Waals surface area contributed by atoms with E-state index in [2.05, 4.69) is 149 Å². The Hall–Kier alpha value is -3.01. The zero-order valence-corrected chi connectivity index (χ0v) is 41.2. The number of rotatable bonds is 11. The van der Waals surface area contributed by atoms with E-state index in [9.17, 15) is 4.39 Å². The standard InChI is InChI=1S/C26H37N.C20H28.C6H12.C3H8.C2H4.CH3FO.H2/c1-5-9-23-14-19(10-11-20(23)6-2)12-13-27-26-17-24-15-21(7-3)22(8-4)16-25(24)18-26;1-14-8-12-20(3)15(13-14)6-7-16-17-5-4-10-19(17,2)11-9-18(16)20;1-4-5-6(2)3;1-3-2;1-2;2-1-3;/h10-11,14-16,26-27H,5-9,12-13,17-18H2,1-4H3;8,12-13,16-18H,1,4-7,9-11H2,2-3H3;2,4-5H2,1,3H3;3H2,1-2H3;1-2H2;3H,1H2;1H. The van der Waals surface area contributed by atoms with Gasteiger partial charge in [0.05, 0.1) is 0 Å². The molecule has 5 atom stereocenters. The Morgan fingerprint density at radius 3 is 1.95 bits per heavy atom. The van der Waals surface area contributed by atoms with E-state index in [-0.39, 0.29) is 1.43 Å². The average Bonchev–Trinajstić information content (AvgIpc) is 3.85. The Bertz CT molecular complexity index is 1660. The van der Waals surface area contributed by atoms with Gasteiger partial charge in [-0.15, -0.1) is 19.7 Å². The molecule has 3 fully saturated rings. The summed E-state index contributed by atoms with van der Waals surface area (Å²) in [7, 11) is 0. The molecule has 3 saturated carbocycles. The number of aliphatic hydroxyl groups is 1. The van der Waals surface area contributed by atoms with Crippen LogP contribution in [0.5, 0.6) is 0 Å². The Labute approximate surface area is 378 Å². The van der Waals surface area contributed by atoms with E-state index in [4.69, 9.17) is 5.11 Å². The predicted molar refractivity (Wildman–Crippen MR) is 271 cm³/mol. The van der Waals surface area contributed by atoms with Crippen LogP contribution in [-0.2, 0) is 44.9 Å². The molecule has 2 nitrogen and oxygen atoms in total. The first kappa shape index (κ1) is 54.1. The molecule has 61 heavy (non-hydrogen) atoms. The number of aliphatic hydroxyl groups excluding tert-OH is 1. The van der Waals surface area contributed by atoms with E-state index in [0.29, 0.717) is 16.9 Å². The largest absolute Gasteiger partial charge is 0.366 e. The Balaban J connectivity index is 0.000000480. The summed E-state index contributed by atoms with van der Waals surface area (Å²) >= 11 is 0. The number of nitrogens with one attached hydrogen (secondary N) is 1. The van der Waals surface area contributed by atoms with Crippen molar-refractivity contribution < 1.29 is 10.9 Å². The first-order valence-corrected chi connectivity index (χ1v) is 24.7. The van der Waals surface area contributed by atoms with Crippen LogP contribution in [0, 0.1) is 28.6 Å². The van der Waals surface area contributed by atoms with Crippen LogP contribution >= 0.6 is 0 Å². The summed E-state index contributed by atoms with van der Waals surface area (Å²) < 4.78 is 9.85. The molecule has 0 bridgehead atoms. The lowest BCUT2D eigenvalue weighted by Crippen LogP contribution is -2.48. The third-order valence-electron chi connectivity index (χ3n) is 14.3. The Morgan fingerprint density at radius 2 is 1.43 bits per heavy atom. The highest BCUT2D eigenvalue weighted by atomic mass is 19.1. The fourth-order valence-electron chi connectivity index (χ4n) is 11.4. The molecule has 5 aliphatic rings. The molecule has 2 aromatic carbocycles. The number of halogens is 1. The summed E-state index contributed by atoms with van der Waals surface area (Å²) in [4.78, 5) is 0. The summed E-state index contributed by atoms with van der Waals surface area (Å²) in [5.41, 5.74) is 16.0. The lowest BCUT2D eigenvalue weighted by atomic mass is 9.48. The van der Waals surface area contributed by atoms with Gasteiger partial charge in [0.2, 0.25) is 0 Å². The molecule has 0 aliphatic heterocycles. The van der Waals surface area contributed by atoms with Gasteiger partial charge in [0.1, 0.15) is 0 Å². The summed E-state index contributed by atoms with van der Waals surface area (Å²) in [6.45, 7) is 36.4. The molecule has 0 saturated heterocycles. The first-order chi connectivity index (χ1) is 29.3. The smallest absolute Gasteiger partial charge is 0.185 e. The van der Waals surface area contributed by atoms with Crippen molar-refractivity contribution in [2.75, 3.05) is 13.4 Å². The van der Waals surface area contributed by atoms with Crippen molar-refractivity contribution in [3.05, 3.63) is 131 Å². The second kappa shape index (κ2) is 27.9. The minimum atomic E-state index is -1.25. The molecule has 0 spiro atoms. The zero-order valence-electron chi connectivity index (χ0n) is 41.2. The molecular formula is C58H94FNO. The molecule has 2 N–H and O–H groups in total. The number of aryl methyl sites for hydroxylation is 4. The van der Waals surface area contributed by atoms with Crippen molar-refractivity contribution >= 4 is 0 Å². The van der Waals surface area contributed by atoms with Gasteiger partial charge in [-0.25, -0.2) is 4.39 Å². The highest BCUT2D eigenvalue weighted by molar-refractivity contribution is 5.44. The molecule has 2 aromatic rings. The minimum absolute atomic E-state index is 0. The van der Waals surface area contributed by atoms with Crippen LogP contribution in [0.25, 0.3) is 0 Å². The third-order valence-corrected chi connectivity index (χ3v) is 14.3. The molecule has 5 aliphatic carbocycles. The molecule has 0 heterocycles. The van der Waals surface area contributed by atoms with Crippen LogP contribution in [0.1, 0.15) is 180 Å². The maximum atomic E-state index is 9.85. The normalized spacial score (nSPS) is 24.1. The van der Waals surface area contributed by atoms with Crippen molar-refractivity contribution in [3.8, 4) is 0 Å². The van der Waals surface area contributed by atoms with Gasteiger partial charge in [-0.1, -0.05) is 154 Å². The van der Waals surface area contributed by atoms with E-state index in [0.717, 1.165) is 50.0 Å². The van der Waals surface area contributed by atoms with Crippen LogP contribution in [0.15, 0.2) is 91.6 Å². The zero-order chi connectivity index (χ0) is 45.6.